The fraction of sp³-hybridized carbons (Fsp3) is 0.111. The van der Waals surface area contributed by atoms with E-state index in [0.717, 1.165) is 11.3 Å². The van der Waals surface area contributed by atoms with Gasteiger partial charge in [-0.25, -0.2) is 15.4 Å². The molecule has 1 atom stereocenters. The van der Waals surface area contributed by atoms with Gasteiger partial charge in [-0.05, 0) is 28.5 Å². The molecule has 0 aromatic carbocycles. The van der Waals surface area contributed by atoms with E-state index in [1.54, 1.807) is 17.5 Å². The van der Waals surface area contributed by atoms with Gasteiger partial charge in [-0.2, -0.15) is 11.3 Å². The molecule has 0 radical (unpaired) electrons. The first-order valence-electron chi connectivity index (χ1n) is 4.16. The van der Waals surface area contributed by atoms with Crippen molar-refractivity contribution in [3.05, 3.63) is 46.7 Å². The third-order valence-electron chi connectivity index (χ3n) is 1.94. The highest BCUT2D eigenvalue weighted by Gasteiger charge is 2.13. The third kappa shape index (κ3) is 1.79. The first-order chi connectivity index (χ1) is 6.92. The van der Waals surface area contributed by atoms with Gasteiger partial charge in [0.1, 0.15) is 6.33 Å². The van der Waals surface area contributed by atoms with Crippen LogP contribution in [0, 0.1) is 0 Å². The number of aromatic nitrogens is 2. The maximum absolute atomic E-state index is 5.49. The maximum atomic E-state index is 5.49. The van der Waals surface area contributed by atoms with E-state index in [-0.39, 0.29) is 6.04 Å². The predicted molar refractivity (Wildman–Crippen MR) is 55.5 cm³/mol. The number of hydrazine groups is 1. The van der Waals surface area contributed by atoms with Crippen LogP contribution in [0.4, 0.5) is 0 Å². The van der Waals surface area contributed by atoms with E-state index in [0.29, 0.717) is 0 Å². The van der Waals surface area contributed by atoms with Crippen LogP contribution in [0.25, 0.3) is 0 Å². The van der Waals surface area contributed by atoms with Crippen LogP contribution in [-0.2, 0) is 0 Å². The maximum Gasteiger partial charge on any atom is 0.115 e. The third-order valence-corrected chi connectivity index (χ3v) is 2.65. The minimum atomic E-state index is -0.0516. The number of nitrogens with two attached hydrogens (primary N) is 1. The molecule has 0 aliphatic carbocycles. The van der Waals surface area contributed by atoms with Crippen molar-refractivity contribution in [2.24, 2.45) is 5.84 Å². The van der Waals surface area contributed by atoms with Gasteiger partial charge in [0.15, 0.2) is 0 Å². The molecule has 0 aliphatic heterocycles. The smallest absolute Gasteiger partial charge is 0.115 e. The number of thiophene rings is 1. The van der Waals surface area contributed by atoms with Crippen LogP contribution in [0.5, 0.6) is 0 Å². The minimum Gasteiger partial charge on any atom is -0.271 e. The molecule has 4 nitrogen and oxygen atoms in total. The van der Waals surface area contributed by atoms with Gasteiger partial charge in [-0.3, -0.25) is 5.84 Å². The Hall–Kier alpha value is -1.30. The Morgan fingerprint density at radius 1 is 1.43 bits per heavy atom. The highest BCUT2D eigenvalue weighted by Crippen LogP contribution is 2.20. The van der Waals surface area contributed by atoms with Gasteiger partial charge in [0.2, 0.25) is 0 Å². The number of hydrogen-bond acceptors (Lipinski definition) is 5. The first-order valence-corrected chi connectivity index (χ1v) is 5.10. The summed E-state index contributed by atoms with van der Waals surface area (Å²) >= 11 is 1.64. The van der Waals surface area contributed by atoms with Gasteiger partial charge >= 0.3 is 0 Å². The zero-order valence-corrected chi connectivity index (χ0v) is 8.24. The second-order valence-corrected chi connectivity index (χ2v) is 3.57. The summed E-state index contributed by atoms with van der Waals surface area (Å²) in [5.41, 5.74) is 4.73. The van der Waals surface area contributed by atoms with Crippen molar-refractivity contribution in [2.75, 3.05) is 0 Å². The lowest BCUT2D eigenvalue weighted by Crippen LogP contribution is -2.29. The van der Waals surface area contributed by atoms with Crippen molar-refractivity contribution >= 4 is 11.3 Å². The molecular weight excluding hydrogens is 196 g/mol. The minimum absolute atomic E-state index is 0.0516. The molecule has 5 heteroatoms. The topological polar surface area (TPSA) is 63.8 Å². The fourth-order valence-corrected chi connectivity index (χ4v) is 1.95. The van der Waals surface area contributed by atoms with Crippen LogP contribution < -0.4 is 11.3 Å². The molecule has 0 saturated heterocycles. The van der Waals surface area contributed by atoms with Gasteiger partial charge < -0.3 is 0 Å². The summed E-state index contributed by atoms with van der Waals surface area (Å²) in [5, 5.41) is 4.06. The molecular formula is C9H10N4S. The molecule has 0 spiro atoms. The SMILES string of the molecule is NNC(c1ccsc1)c1ccncn1. The summed E-state index contributed by atoms with van der Waals surface area (Å²) in [6.07, 6.45) is 3.23. The second kappa shape index (κ2) is 4.28. The Morgan fingerprint density at radius 3 is 2.93 bits per heavy atom. The van der Waals surface area contributed by atoms with Crippen molar-refractivity contribution in [3.63, 3.8) is 0 Å². The molecule has 0 bridgehead atoms. The van der Waals surface area contributed by atoms with Crippen LogP contribution in [0.3, 0.4) is 0 Å². The van der Waals surface area contributed by atoms with E-state index in [9.17, 15) is 0 Å². The van der Waals surface area contributed by atoms with Crippen LogP contribution >= 0.6 is 11.3 Å². The van der Waals surface area contributed by atoms with Crippen LogP contribution in [-0.4, -0.2) is 9.97 Å². The highest BCUT2D eigenvalue weighted by atomic mass is 32.1. The normalized spacial score (nSPS) is 12.6. The Balaban J connectivity index is 2.31. The van der Waals surface area contributed by atoms with E-state index in [1.165, 1.54) is 6.33 Å². The summed E-state index contributed by atoms with van der Waals surface area (Å²) in [5.74, 6) is 5.49. The van der Waals surface area contributed by atoms with Crippen molar-refractivity contribution < 1.29 is 0 Å². The van der Waals surface area contributed by atoms with Crippen LogP contribution in [0.2, 0.25) is 0 Å². The predicted octanol–water partition coefficient (Wildman–Crippen LogP) is 1.09. The second-order valence-electron chi connectivity index (χ2n) is 2.79. The Bertz CT molecular complexity index is 373. The molecule has 14 heavy (non-hydrogen) atoms. The lowest BCUT2D eigenvalue weighted by molar-refractivity contribution is 0.620. The Kier molecular flexibility index (Phi) is 2.83. The molecule has 2 aromatic rings. The van der Waals surface area contributed by atoms with Crippen molar-refractivity contribution in [1.29, 1.82) is 0 Å². The van der Waals surface area contributed by atoms with Gasteiger partial charge in [0.25, 0.3) is 0 Å². The molecule has 0 amide bonds. The summed E-state index contributed by atoms with van der Waals surface area (Å²) in [6, 6.07) is 3.82. The molecule has 3 N–H and O–H groups in total. The van der Waals surface area contributed by atoms with Crippen molar-refractivity contribution in [3.8, 4) is 0 Å². The molecule has 0 saturated carbocycles. The lowest BCUT2D eigenvalue weighted by atomic mass is 10.1. The Morgan fingerprint density at radius 2 is 2.36 bits per heavy atom. The molecule has 2 aromatic heterocycles. The summed E-state index contributed by atoms with van der Waals surface area (Å²) in [4.78, 5) is 8.02. The average molecular weight is 206 g/mol. The zero-order chi connectivity index (χ0) is 9.80. The first kappa shape index (κ1) is 9.26. The summed E-state index contributed by atoms with van der Waals surface area (Å²) in [7, 11) is 0. The van der Waals surface area contributed by atoms with Crippen molar-refractivity contribution in [2.45, 2.75) is 6.04 Å². The lowest BCUT2D eigenvalue weighted by Gasteiger charge is -2.12. The number of hydrogen-bond donors (Lipinski definition) is 2. The molecule has 72 valence electrons. The molecule has 0 aliphatic rings. The average Bonchev–Trinajstić information content (AvgIpc) is 2.74. The van der Waals surface area contributed by atoms with E-state index in [2.05, 4.69) is 15.4 Å². The van der Waals surface area contributed by atoms with E-state index >= 15 is 0 Å². The van der Waals surface area contributed by atoms with E-state index in [1.807, 2.05) is 22.9 Å². The molecule has 2 rings (SSSR count). The number of nitrogens with one attached hydrogen (secondary N) is 1. The fourth-order valence-electron chi connectivity index (χ4n) is 1.26. The summed E-state index contributed by atoms with van der Waals surface area (Å²) in [6.45, 7) is 0. The standard InChI is InChI=1S/C9H10N4S/c10-13-9(7-2-4-14-5-7)8-1-3-11-6-12-8/h1-6,9,13H,10H2. The van der Waals surface area contributed by atoms with Gasteiger partial charge in [0, 0.05) is 6.20 Å². The van der Waals surface area contributed by atoms with Gasteiger partial charge in [-0.1, -0.05) is 0 Å². The monoisotopic (exact) mass is 206 g/mol. The van der Waals surface area contributed by atoms with E-state index in [4.69, 9.17) is 5.84 Å². The van der Waals surface area contributed by atoms with Crippen LogP contribution in [0.1, 0.15) is 17.3 Å². The number of rotatable bonds is 3. The summed E-state index contributed by atoms with van der Waals surface area (Å²) < 4.78 is 0. The zero-order valence-electron chi connectivity index (χ0n) is 7.42. The Labute approximate surface area is 85.8 Å². The largest absolute Gasteiger partial charge is 0.271 e. The van der Waals surface area contributed by atoms with Gasteiger partial charge in [-0.15, -0.1) is 0 Å². The number of nitrogens with zero attached hydrogens (tertiary/aromatic N) is 2. The van der Waals surface area contributed by atoms with E-state index < -0.39 is 0 Å². The molecule has 0 fully saturated rings. The highest BCUT2D eigenvalue weighted by molar-refractivity contribution is 7.08. The van der Waals surface area contributed by atoms with Gasteiger partial charge in [0.05, 0.1) is 11.7 Å². The van der Waals surface area contributed by atoms with Crippen molar-refractivity contribution in [1.82, 2.24) is 15.4 Å². The molecule has 1 unspecified atom stereocenters. The van der Waals surface area contributed by atoms with Crippen LogP contribution in [0.15, 0.2) is 35.4 Å². The molecule has 2 heterocycles. The quantitative estimate of drug-likeness (QED) is 0.583.